The van der Waals surface area contributed by atoms with Gasteiger partial charge in [0.25, 0.3) is 0 Å². The van der Waals surface area contributed by atoms with E-state index < -0.39 is 0 Å². The normalized spacial score (nSPS) is 15.4. The van der Waals surface area contributed by atoms with Gasteiger partial charge < -0.3 is 10.6 Å². The summed E-state index contributed by atoms with van der Waals surface area (Å²) in [6.07, 6.45) is 5.30. The fraction of sp³-hybridized carbons (Fsp3) is 0.600. The van der Waals surface area contributed by atoms with Gasteiger partial charge >= 0.3 is 0 Å². The van der Waals surface area contributed by atoms with E-state index in [2.05, 4.69) is 24.0 Å². The first-order valence-corrected chi connectivity index (χ1v) is 6.84. The van der Waals surface area contributed by atoms with Crippen molar-refractivity contribution in [2.24, 2.45) is 5.92 Å². The third-order valence-corrected chi connectivity index (χ3v) is 3.45. The number of nitrogens with zero attached hydrogens (tertiary/aromatic N) is 1. The van der Waals surface area contributed by atoms with Crippen molar-refractivity contribution in [2.75, 3.05) is 25.4 Å². The van der Waals surface area contributed by atoms with E-state index in [1.54, 1.807) is 0 Å². The molecule has 0 atom stereocenters. The second kappa shape index (κ2) is 6.06. The molecule has 0 unspecified atom stereocenters. The lowest BCUT2D eigenvalue weighted by Crippen LogP contribution is -2.29. The van der Waals surface area contributed by atoms with Gasteiger partial charge in [0, 0.05) is 18.8 Å². The van der Waals surface area contributed by atoms with Crippen molar-refractivity contribution in [3.63, 3.8) is 0 Å². The van der Waals surface area contributed by atoms with E-state index in [9.17, 15) is 0 Å². The molecule has 2 nitrogen and oxygen atoms in total. The molecule has 2 rings (SSSR count). The monoisotopic (exact) mass is 232 g/mol. The van der Waals surface area contributed by atoms with E-state index in [0.717, 1.165) is 18.0 Å². The minimum absolute atomic E-state index is 0.858. The van der Waals surface area contributed by atoms with E-state index in [1.807, 2.05) is 12.1 Å². The second-order valence-electron chi connectivity index (χ2n) is 5.24. The molecular weight excluding hydrogens is 208 g/mol. The molecule has 0 saturated heterocycles. The number of rotatable bonds is 7. The van der Waals surface area contributed by atoms with Crippen molar-refractivity contribution in [2.45, 2.75) is 32.6 Å². The summed E-state index contributed by atoms with van der Waals surface area (Å²) in [6, 6.07) is 8.30. The smallest absolute Gasteiger partial charge is 0.0314 e. The van der Waals surface area contributed by atoms with Crippen LogP contribution in [0.2, 0.25) is 0 Å². The largest absolute Gasteiger partial charge is 0.399 e. The highest BCUT2D eigenvalue weighted by Crippen LogP contribution is 2.29. The van der Waals surface area contributed by atoms with Gasteiger partial charge in [0.2, 0.25) is 0 Å². The molecule has 2 heteroatoms. The van der Waals surface area contributed by atoms with Crippen LogP contribution in [0.15, 0.2) is 24.3 Å². The fourth-order valence-corrected chi connectivity index (χ4v) is 2.25. The van der Waals surface area contributed by atoms with Crippen LogP contribution in [0.25, 0.3) is 0 Å². The number of nitrogen functional groups attached to an aromatic ring is 1. The molecule has 1 aromatic carbocycles. The van der Waals surface area contributed by atoms with E-state index >= 15 is 0 Å². The second-order valence-corrected chi connectivity index (χ2v) is 5.24. The Balaban J connectivity index is 1.78. The fourth-order valence-electron chi connectivity index (χ4n) is 2.25. The van der Waals surface area contributed by atoms with Gasteiger partial charge in [0.15, 0.2) is 0 Å². The predicted molar refractivity (Wildman–Crippen MR) is 74.0 cm³/mol. The Labute approximate surface area is 105 Å². The minimum Gasteiger partial charge on any atom is -0.399 e. The van der Waals surface area contributed by atoms with Crippen LogP contribution >= 0.6 is 0 Å². The summed E-state index contributed by atoms with van der Waals surface area (Å²) in [7, 11) is 0. The van der Waals surface area contributed by atoms with Gasteiger partial charge in [-0.25, -0.2) is 0 Å². The topological polar surface area (TPSA) is 29.3 Å². The van der Waals surface area contributed by atoms with Crippen LogP contribution < -0.4 is 5.73 Å². The third kappa shape index (κ3) is 4.39. The molecule has 2 N–H and O–H groups in total. The first-order chi connectivity index (χ1) is 8.28. The summed E-state index contributed by atoms with van der Waals surface area (Å²) in [4.78, 5) is 2.62. The van der Waals surface area contributed by atoms with Gasteiger partial charge in [-0.15, -0.1) is 0 Å². The van der Waals surface area contributed by atoms with Crippen molar-refractivity contribution < 1.29 is 0 Å². The van der Waals surface area contributed by atoms with Gasteiger partial charge in [-0.2, -0.15) is 0 Å². The molecular formula is C15H24N2. The Kier molecular flexibility index (Phi) is 4.43. The lowest BCUT2D eigenvalue weighted by molar-refractivity contribution is 0.266. The van der Waals surface area contributed by atoms with Gasteiger partial charge in [-0.1, -0.05) is 19.1 Å². The molecule has 0 aromatic heterocycles. The lowest BCUT2D eigenvalue weighted by atomic mass is 10.1. The van der Waals surface area contributed by atoms with Crippen LogP contribution in [0.5, 0.6) is 0 Å². The zero-order chi connectivity index (χ0) is 12.1. The van der Waals surface area contributed by atoms with Crippen molar-refractivity contribution in [1.82, 2.24) is 4.90 Å². The molecule has 1 saturated carbocycles. The minimum atomic E-state index is 0.858. The van der Waals surface area contributed by atoms with Crippen molar-refractivity contribution in [3.8, 4) is 0 Å². The summed E-state index contributed by atoms with van der Waals surface area (Å²) in [5, 5.41) is 0. The highest BCUT2D eigenvalue weighted by Gasteiger charge is 2.23. The Morgan fingerprint density at radius 1 is 1.18 bits per heavy atom. The standard InChI is InChI=1S/C15H24N2/c1-2-10-17(12-14-3-4-14)11-9-13-5-7-15(16)8-6-13/h5-8,14H,2-4,9-12,16H2,1H3. The number of hydrogen-bond acceptors (Lipinski definition) is 2. The molecule has 0 heterocycles. The van der Waals surface area contributed by atoms with E-state index in [1.165, 1.54) is 44.5 Å². The van der Waals surface area contributed by atoms with Crippen LogP contribution in [0.1, 0.15) is 31.7 Å². The molecule has 0 amide bonds. The average molecular weight is 232 g/mol. The van der Waals surface area contributed by atoms with Crippen molar-refractivity contribution >= 4 is 5.69 Å². The van der Waals surface area contributed by atoms with Crippen LogP contribution in [0.4, 0.5) is 5.69 Å². The summed E-state index contributed by atoms with van der Waals surface area (Å²) >= 11 is 0. The number of benzene rings is 1. The van der Waals surface area contributed by atoms with Gasteiger partial charge in [-0.3, -0.25) is 0 Å². The number of hydrogen-bond donors (Lipinski definition) is 1. The highest BCUT2D eigenvalue weighted by molar-refractivity contribution is 5.39. The number of nitrogens with two attached hydrogens (primary N) is 1. The van der Waals surface area contributed by atoms with Crippen LogP contribution in [-0.4, -0.2) is 24.5 Å². The van der Waals surface area contributed by atoms with Crippen LogP contribution in [-0.2, 0) is 6.42 Å². The van der Waals surface area contributed by atoms with Crippen molar-refractivity contribution in [1.29, 1.82) is 0 Å². The summed E-state index contributed by atoms with van der Waals surface area (Å²) in [5.41, 5.74) is 7.95. The summed E-state index contributed by atoms with van der Waals surface area (Å²) in [6.45, 7) is 6.01. The quantitative estimate of drug-likeness (QED) is 0.732. The van der Waals surface area contributed by atoms with Gasteiger partial charge in [-0.05, 0) is 55.8 Å². The summed E-state index contributed by atoms with van der Waals surface area (Å²) < 4.78 is 0. The van der Waals surface area contributed by atoms with Gasteiger partial charge in [0.05, 0.1) is 0 Å². The Hall–Kier alpha value is -1.02. The molecule has 0 spiro atoms. The molecule has 0 bridgehead atoms. The Morgan fingerprint density at radius 3 is 2.47 bits per heavy atom. The maximum Gasteiger partial charge on any atom is 0.0314 e. The van der Waals surface area contributed by atoms with E-state index in [-0.39, 0.29) is 0 Å². The SMILES string of the molecule is CCCN(CCc1ccc(N)cc1)CC1CC1. The molecule has 0 radical (unpaired) electrons. The Morgan fingerprint density at radius 2 is 1.88 bits per heavy atom. The zero-order valence-corrected chi connectivity index (χ0v) is 10.9. The van der Waals surface area contributed by atoms with Crippen LogP contribution in [0, 0.1) is 5.92 Å². The van der Waals surface area contributed by atoms with Crippen molar-refractivity contribution in [3.05, 3.63) is 29.8 Å². The maximum absolute atomic E-state index is 5.69. The number of anilines is 1. The average Bonchev–Trinajstić information content (AvgIpc) is 3.12. The predicted octanol–water partition coefficient (Wildman–Crippen LogP) is 2.93. The van der Waals surface area contributed by atoms with E-state index in [0.29, 0.717) is 0 Å². The Bertz CT molecular complexity index is 327. The molecule has 94 valence electrons. The third-order valence-electron chi connectivity index (χ3n) is 3.45. The molecule has 1 aliphatic rings. The lowest BCUT2D eigenvalue weighted by Gasteiger charge is -2.21. The van der Waals surface area contributed by atoms with E-state index in [4.69, 9.17) is 5.73 Å². The molecule has 17 heavy (non-hydrogen) atoms. The summed E-state index contributed by atoms with van der Waals surface area (Å²) in [5.74, 6) is 0.993. The molecule has 1 fully saturated rings. The molecule has 0 aliphatic heterocycles. The first-order valence-electron chi connectivity index (χ1n) is 6.84. The molecule has 1 aliphatic carbocycles. The molecule has 1 aromatic rings. The zero-order valence-electron chi connectivity index (χ0n) is 10.9. The highest BCUT2D eigenvalue weighted by atomic mass is 15.1. The van der Waals surface area contributed by atoms with Gasteiger partial charge in [0.1, 0.15) is 0 Å². The van der Waals surface area contributed by atoms with Crippen LogP contribution in [0.3, 0.4) is 0 Å². The first kappa shape index (κ1) is 12.4. The maximum atomic E-state index is 5.69.